The highest BCUT2D eigenvalue weighted by atomic mass is 16.6. The average molecular weight is 593 g/mol. The van der Waals surface area contributed by atoms with Crippen LogP contribution >= 0.6 is 0 Å². The van der Waals surface area contributed by atoms with Gasteiger partial charge in [-0.25, -0.2) is 0 Å². The molecule has 1 aliphatic rings. The molecule has 5 rings (SSSR count). The molecule has 1 heterocycles. The van der Waals surface area contributed by atoms with Crippen molar-refractivity contribution in [1.29, 1.82) is 0 Å². The van der Waals surface area contributed by atoms with Gasteiger partial charge in [-0.05, 0) is 49.3 Å². The Bertz CT molecular complexity index is 1450. The molecule has 8 nitrogen and oxygen atoms in total. The molecule has 0 aliphatic carbocycles. The lowest BCUT2D eigenvalue weighted by molar-refractivity contribution is -0.384. The molecule has 226 valence electrons. The SMILES string of the molecule is CC(C)(C)OC(=O)CC1CC(COC(c2ccccc2)(c2ccccc2)c2ccccc2)OB(c2cccc([N+](=O)[O-])c2)O1. The number of ether oxygens (including phenoxy) is 2. The fraction of sp³-hybridized carbons (Fsp3) is 0.286. The van der Waals surface area contributed by atoms with Crippen LogP contribution in [-0.4, -0.2) is 42.4 Å². The fourth-order valence-corrected chi connectivity index (χ4v) is 5.52. The molecule has 0 radical (unpaired) electrons. The van der Waals surface area contributed by atoms with Crippen LogP contribution in [-0.2, 0) is 29.2 Å². The third-order valence-electron chi connectivity index (χ3n) is 7.35. The van der Waals surface area contributed by atoms with Gasteiger partial charge in [0.2, 0.25) is 0 Å². The molecule has 0 spiro atoms. The maximum atomic E-state index is 12.8. The van der Waals surface area contributed by atoms with Crippen LogP contribution in [0.5, 0.6) is 0 Å². The first-order chi connectivity index (χ1) is 21.1. The number of rotatable bonds is 10. The molecule has 9 heteroatoms. The summed E-state index contributed by atoms with van der Waals surface area (Å²) in [5, 5.41) is 11.5. The van der Waals surface area contributed by atoms with Crippen LogP contribution in [0.3, 0.4) is 0 Å². The predicted molar refractivity (Wildman–Crippen MR) is 168 cm³/mol. The highest BCUT2D eigenvalue weighted by Crippen LogP contribution is 2.41. The summed E-state index contributed by atoms with van der Waals surface area (Å²) in [6.07, 6.45) is -0.699. The summed E-state index contributed by atoms with van der Waals surface area (Å²) < 4.78 is 25.2. The van der Waals surface area contributed by atoms with Crippen molar-refractivity contribution in [1.82, 2.24) is 0 Å². The Labute approximate surface area is 258 Å². The van der Waals surface area contributed by atoms with Crippen molar-refractivity contribution >= 4 is 24.2 Å². The molecule has 0 N–H and O–H groups in total. The van der Waals surface area contributed by atoms with E-state index in [-0.39, 0.29) is 18.7 Å². The number of carbonyl (C=O) groups is 1. The second kappa shape index (κ2) is 13.6. The zero-order valence-electron chi connectivity index (χ0n) is 25.1. The Morgan fingerprint density at radius 2 is 1.34 bits per heavy atom. The molecule has 2 unspecified atom stereocenters. The predicted octanol–water partition coefficient (Wildman–Crippen LogP) is 6.20. The first-order valence-electron chi connectivity index (χ1n) is 14.7. The standard InChI is InChI=1S/C35H36BNO7/c1-34(2,3)42-33(38)24-31-23-32(44-36(43-31)29-20-13-21-30(22-29)37(39)40)25-41-35(26-14-7-4-8-15-26,27-16-9-5-10-17-27)28-18-11-6-12-19-28/h4-22,31-32H,23-25H2,1-3H3. The zero-order valence-corrected chi connectivity index (χ0v) is 25.1. The van der Waals surface area contributed by atoms with Crippen LogP contribution in [0, 0.1) is 10.1 Å². The number of nitrogens with zero attached hydrogens (tertiary/aromatic N) is 1. The summed E-state index contributed by atoms with van der Waals surface area (Å²) in [6.45, 7) is 5.59. The van der Waals surface area contributed by atoms with Crippen molar-refractivity contribution in [2.45, 2.75) is 57.0 Å². The van der Waals surface area contributed by atoms with Crippen LogP contribution in [0.25, 0.3) is 0 Å². The van der Waals surface area contributed by atoms with Gasteiger partial charge in [-0.1, -0.05) is 103 Å². The molecule has 0 amide bonds. The van der Waals surface area contributed by atoms with Gasteiger partial charge >= 0.3 is 13.1 Å². The Hall–Kier alpha value is -4.31. The number of benzene rings is 4. The Morgan fingerprint density at radius 3 is 1.84 bits per heavy atom. The van der Waals surface area contributed by atoms with E-state index in [4.69, 9.17) is 18.8 Å². The molecule has 1 aliphatic heterocycles. The van der Waals surface area contributed by atoms with E-state index < -0.39 is 41.4 Å². The van der Waals surface area contributed by atoms with Crippen LogP contribution in [0.2, 0.25) is 0 Å². The smallest absolute Gasteiger partial charge is 0.460 e. The minimum atomic E-state index is -0.965. The lowest BCUT2D eigenvalue weighted by Crippen LogP contribution is -2.51. The monoisotopic (exact) mass is 593 g/mol. The van der Waals surface area contributed by atoms with Crippen molar-refractivity contribution < 1.29 is 28.5 Å². The minimum absolute atomic E-state index is 0.00373. The van der Waals surface area contributed by atoms with E-state index in [0.717, 1.165) is 16.7 Å². The summed E-state index contributed by atoms with van der Waals surface area (Å²) >= 11 is 0. The highest BCUT2D eigenvalue weighted by Gasteiger charge is 2.42. The molecule has 0 saturated carbocycles. The summed E-state index contributed by atoms with van der Waals surface area (Å²) in [6, 6.07) is 36.2. The highest BCUT2D eigenvalue weighted by molar-refractivity contribution is 6.61. The van der Waals surface area contributed by atoms with E-state index in [1.807, 2.05) is 112 Å². The molecule has 2 atom stereocenters. The number of hydrogen-bond donors (Lipinski definition) is 0. The summed E-state index contributed by atoms with van der Waals surface area (Å²) in [5.41, 5.74) is 1.64. The van der Waals surface area contributed by atoms with Crippen LogP contribution < -0.4 is 5.46 Å². The minimum Gasteiger partial charge on any atom is -0.460 e. The quantitative estimate of drug-likeness (QED) is 0.0710. The molecule has 4 aromatic carbocycles. The maximum Gasteiger partial charge on any atom is 0.494 e. The molecular weight excluding hydrogens is 557 g/mol. The molecule has 1 fully saturated rings. The van der Waals surface area contributed by atoms with Crippen LogP contribution in [0.1, 0.15) is 50.3 Å². The van der Waals surface area contributed by atoms with E-state index in [1.54, 1.807) is 12.1 Å². The first-order valence-corrected chi connectivity index (χ1v) is 14.7. The van der Waals surface area contributed by atoms with E-state index in [0.29, 0.717) is 11.9 Å². The van der Waals surface area contributed by atoms with Gasteiger partial charge in [0.05, 0.1) is 30.2 Å². The van der Waals surface area contributed by atoms with Gasteiger partial charge in [-0.3, -0.25) is 14.9 Å². The zero-order chi connectivity index (χ0) is 31.2. The van der Waals surface area contributed by atoms with E-state index in [1.165, 1.54) is 12.1 Å². The number of nitro benzene ring substituents is 1. The van der Waals surface area contributed by atoms with Crippen molar-refractivity contribution in [2.75, 3.05) is 6.61 Å². The molecule has 1 saturated heterocycles. The molecule has 0 bridgehead atoms. The number of nitro groups is 1. The number of non-ortho nitro benzene ring substituents is 1. The summed E-state index contributed by atoms with van der Waals surface area (Å²) in [4.78, 5) is 23.9. The van der Waals surface area contributed by atoms with Gasteiger partial charge < -0.3 is 18.8 Å². The average Bonchev–Trinajstić information content (AvgIpc) is 3.02. The van der Waals surface area contributed by atoms with Gasteiger partial charge in [-0.15, -0.1) is 0 Å². The van der Waals surface area contributed by atoms with E-state index in [2.05, 4.69) is 0 Å². The first kappa shape index (κ1) is 31.1. The molecule has 0 aromatic heterocycles. The number of esters is 1. The van der Waals surface area contributed by atoms with Crippen molar-refractivity contribution in [3.63, 3.8) is 0 Å². The topological polar surface area (TPSA) is 97.1 Å². The second-order valence-electron chi connectivity index (χ2n) is 11.8. The van der Waals surface area contributed by atoms with Gasteiger partial charge in [0.25, 0.3) is 5.69 Å². The lowest BCUT2D eigenvalue weighted by atomic mass is 9.76. The Morgan fingerprint density at radius 1 is 0.818 bits per heavy atom. The number of carbonyl (C=O) groups excluding carboxylic acids is 1. The third-order valence-corrected chi connectivity index (χ3v) is 7.35. The summed E-state index contributed by atoms with van der Waals surface area (Å²) in [7, 11) is -0.940. The number of hydrogen-bond acceptors (Lipinski definition) is 7. The van der Waals surface area contributed by atoms with Gasteiger partial charge in [0, 0.05) is 12.1 Å². The maximum absolute atomic E-state index is 12.8. The van der Waals surface area contributed by atoms with Crippen LogP contribution in [0.4, 0.5) is 5.69 Å². The fourth-order valence-electron chi connectivity index (χ4n) is 5.52. The summed E-state index contributed by atoms with van der Waals surface area (Å²) in [5.74, 6) is -0.394. The van der Waals surface area contributed by atoms with E-state index >= 15 is 0 Å². The van der Waals surface area contributed by atoms with Crippen molar-refractivity contribution in [3.05, 3.63) is 142 Å². The Kier molecular flexibility index (Phi) is 9.59. The van der Waals surface area contributed by atoms with Gasteiger partial charge in [0.1, 0.15) is 11.2 Å². The molecular formula is C35H36BNO7. The second-order valence-corrected chi connectivity index (χ2v) is 11.8. The normalized spacial score (nSPS) is 17.2. The van der Waals surface area contributed by atoms with Crippen molar-refractivity contribution in [2.24, 2.45) is 0 Å². The lowest BCUT2D eigenvalue weighted by Gasteiger charge is -2.39. The largest absolute Gasteiger partial charge is 0.494 e. The van der Waals surface area contributed by atoms with Crippen LogP contribution in [0.15, 0.2) is 115 Å². The van der Waals surface area contributed by atoms with Gasteiger partial charge in [-0.2, -0.15) is 0 Å². The molecule has 44 heavy (non-hydrogen) atoms. The van der Waals surface area contributed by atoms with Gasteiger partial charge in [0.15, 0.2) is 0 Å². The van der Waals surface area contributed by atoms with E-state index in [9.17, 15) is 14.9 Å². The molecule has 4 aromatic rings. The Balaban J connectivity index is 1.49. The third kappa shape index (κ3) is 7.42. The van der Waals surface area contributed by atoms with Crippen molar-refractivity contribution in [3.8, 4) is 0 Å².